The van der Waals surface area contributed by atoms with Crippen LogP contribution in [0.3, 0.4) is 0 Å². The summed E-state index contributed by atoms with van der Waals surface area (Å²) in [5.41, 5.74) is 2.20. The van der Waals surface area contributed by atoms with E-state index in [-0.39, 0.29) is 24.9 Å². The summed E-state index contributed by atoms with van der Waals surface area (Å²) < 4.78 is 37.1. The number of aryl methyl sites for hydroxylation is 1. The van der Waals surface area contributed by atoms with E-state index in [9.17, 15) is 18.0 Å². The summed E-state index contributed by atoms with van der Waals surface area (Å²) in [7, 11) is -3.82. The standard InChI is InChI=1S/C25H33N3O6S/c1-5-13-26-25(30)21(6-2)27(15-19-9-7-18(3)8-10-19)24(29)16-28(35(4,31)32)20-11-12-22-23(14-20)34-17-33-22/h7-12,14,21H,5-6,13,15-17H2,1-4H3,(H,26,30)/t21-/m0/s1. The van der Waals surface area contributed by atoms with Gasteiger partial charge in [-0.2, -0.15) is 0 Å². The summed E-state index contributed by atoms with van der Waals surface area (Å²) in [6, 6.07) is 11.6. The number of hydrogen-bond donors (Lipinski definition) is 1. The third-order valence-electron chi connectivity index (χ3n) is 5.73. The Bertz CT molecular complexity index is 1150. The first-order valence-corrected chi connectivity index (χ1v) is 13.5. The number of benzene rings is 2. The van der Waals surface area contributed by atoms with E-state index >= 15 is 0 Å². The van der Waals surface area contributed by atoms with Crippen LogP contribution in [0.15, 0.2) is 42.5 Å². The number of nitrogens with one attached hydrogen (secondary N) is 1. The quantitative estimate of drug-likeness (QED) is 0.506. The molecule has 0 fully saturated rings. The van der Waals surface area contributed by atoms with E-state index in [2.05, 4.69) is 5.32 Å². The Morgan fingerprint density at radius 1 is 1.06 bits per heavy atom. The highest BCUT2D eigenvalue weighted by molar-refractivity contribution is 7.92. The number of rotatable bonds is 11. The van der Waals surface area contributed by atoms with Gasteiger partial charge in [0.25, 0.3) is 0 Å². The molecule has 1 aliphatic rings. The van der Waals surface area contributed by atoms with Gasteiger partial charge < -0.3 is 19.7 Å². The van der Waals surface area contributed by atoms with Crippen molar-refractivity contribution < 1.29 is 27.5 Å². The van der Waals surface area contributed by atoms with Gasteiger partial charge in [-0.25, -0.2) is 8.42 Å². The minimum Gasteiger partial charge on any atom is -0.454 e. The van der Waals surface area contributed by atoms with Crippen LogP contribution in [0.4, 0.5) is 5.69 Å². The van der Waals surface area contributed by atoms with Crippen LogP contribution in [0.25, 0.3) is 0 Å². The smallest absolute Gasteiger partial charge is 0.244 e. The van der Waals surface area contributed by atoms with Gasteiger partial charge in [-0.05, 0) is 37.5 Å². The number of nitrogens with zero attached hydrogens (tertiary/aromatic N) is 2. The molecule has 0 radical (unpaired) electrons. The first kappa shape index (κ1) is 26.3. The molecular formula is C25H33N3O6S. The van der Waals surface area contributed by atoms with E-state index < -0.39 is 28.5 Å². The monoisotopic (exact) mass is 503 g/mol. The molecule has 1 N–H and O–H groups in total. The Morgan fingerprint density at radius 3 is 2.37 bits per heavy atom. The maximum absolute atomic E-state index is 13.6. The number of ether oxygens (including phenoxy) is 2. The Balaban J connectivity index is 1.93. The van der Waals surface area contributed by atoms with Crippen molar-refractivity contribution >= 4 is 27.5 Å². The van der Waals surface area contributed by atoms with Crippen LogP contribution in [0.1, 0.15) is 37.8 Å². The van der Waals surface area contributed by atoms with Gasteiger partial charge in [0.05, 0.1) is 11.9 Å². The van der Waals surface area contributed by atoms with Crippen LogP contribution in [0.2, 0.25) is 0 Å². The molecule has 1 heterocycles. The van der Waals surface area contributed by atoms with E-state index in [1.54, 1.807) is 12.1 Å². The zero-order valence-electron chi connectivity index (χ0n) is 20.6. The van der Waals surface area contributed by atoms with Gasteiger partial charge in [0.15, 0.2) is 11.5 Å². The van der Waals surface area contributed by atoms with Crippen molar-refractivity contribution in [3.63, 3.8) is 0 Å². The number of anilines is 1. The van der Waals surface area contributed by atoms with E-state index in [0.717, 1.165) is 28.1 Å². The topological polar surface area (TPSA) is 105 Å². The van der Waals surface area contributed by atoms with Crippen molar-refractivity contribution in [3.8, 4) is 11.5 Å². The SMILES string of the molecule is CCCNC(=O)[C@H](CC)N(Cc1ccc(C)cc1)C(=O)CN(c1ccc2c(c1)OCO2)S(C)(=O)=O. The molecule has 2 amide bonds. The van der Waals surface area contributed by atoms with Gasteiger partial charge in [0.1, 0.15) is 12.6 Å². The minimum absolute atomic E-state index is 0.0476. The third kappa shape index (κ3) is 6.66. The molecule has 0 unspecified atom stereocenters. The van der Waals surface area contributed by atoms with Crippen LogP contribution in [0.5, 0.6) is 11.5 Å². The predicted molar refractivity (Wildman–Crippen MR) is 134 cm³/mol. The summed E-state index contributed by atoms with van der Waals surface area (Å²) in [6.07, 6.45) is 2.19. The highest BCUT2D eigenvalue weighted by Gasteiger charge is 2.32. The highest BCUT2D eigenvalue weighted by atomic mass is 32.2. The molecule has 35 heavy (non-hydrogen) atoms. The van der Waals surface area contributed by atoms with Crippen molar-refractivity contribution in [1.82, 2.24) is 10.2 Å². The summed E-state index contributed by atoms with van der Waals surface area (Å²) in [4.78, 5) is 28.0. The lowest BCUT2D eigenvalue weighted by Crippen LogP contribution is -2.52. The van der Waals surface area contributed by atoms with Crippen molar-refractivity contribution in [2.24, 2.45) is 0 Å². The molecule has 9 nitrogen and oxygen atoms in total. The number of sulfonamides is 1. The van der Waals surface area contributed by atoms with E-state index in [1.165, 1.54) is 11.0 Å². The molecule has 3 rings (SSSR count). The molecule has 1 atom stereocenters. The van der Waals surface area contributed by atoms with Gasteiger partial charge >= 0.3 is 0 Å². The molecule has 0 spiro atoms. The zero-order valence-corrected chi connectivity index (χ0v) is 21.4. The fourth-order valence-corrected chi connectivity index (χ4v) is 4.67. The van der Waals surface area contributed by atoms with Gasteiger partial charge in [0.2, 0.25) is 28.6 Å². The third-order valence-corrected chi connectivity index (χ3v) is 6.87. The summed E-state index contributed by atoms with van der Waals surface area (Å²) in [6.45, 7) is 6.01. The van der Waals surface area contributed by atoms with Gasteiger partial charge in [-0.1, -0.05) is 43.7 Å². The van der Waals surface area contributed by atoms with E-state index in [4.69, 9.17) is 9.47 Å². The highest BCUT2D eigenvalue weighted by Crippen LogP contribution is 2.36. The summed E-state index contributed by atoms with van der Waals surface area (Å²) in [5, 5.41) is 2.86. The molecule has 10 heteroatoms. The van der Waals surface area contributed by atoms with Gasteiger partial charge in [-0.3, -0.25) is 13.9 Å². The maximum atomic E-state index is 13.6. The summed E-state index contributed by atoms with van der Waals surface area (Å²) >= 11 is 0. The Kier molecular flexibility index (Phi) is 8.61. The molecular weight excluding hydrogens is 470 g/mol. The minimum atomic E-state index is -3.82. The lowest BCUT2D eigenvalue weighted by atomic mass is 10.1. The lowest BCUT2D eigenvalue weighted by Gasteiger charge is -2.33. The Morgan fingerprint density at radius 2 is 1.74 bits per heavy atom. The summed E-state index contributed by atoms with van der Waals surface area (Å²) in [5.74, 6) is 0.176. The first-order chi connectivity index (χ1) is 16.6. The van der Waals surface area contributed by atoms with Crippen LogP contribution < -0.4 is 19.1 Å². The molecule has 2 aromatic rings. The number of fused-ring (bicyclic) bond motifs is 1. The van der Waals surface area contributed by atoms with Crippen molar-refractivity contribution in [2.45, 2.75) is 46.2 Å². The predicted octanol–water partition coefficient (Wildman–Crippen LogP) is 2.82. The van der Waals surface area contributed by atoms with Gasteiger partial charge in [-0.15, -0.1) is 0 Å². The van der Waals surface area contributed by atoms with E-state index in [0.29, 0.717) is 24.5 Å². The molecule has 2 aromatic carbocycles. The van der Waals surface area contributed by atoms with Crippen LogP contribution >= 0.6 is 0 Å². The molecule has 1 aliphatic heterocycles. The Labute approximate surface area is 207 Å². The largest absolute Gasteiger partial charge is 0.454 e. The van der Waals surface area contributed by atoms with E-state index in [1.807, 2.05) is 45.0 Å². The lowest BCUT2D eigenvalue weighted by molar-refractivity contribution is -0.140. The molecule has 0 aliphatic carbocycles. The maximum Gasteiger partial charge on any atom is 0.244 e. The number of carbonyl (C=O) groups is 2. The van der Waals surface area contributed by atoms with Crippen molar-refractivity contribution in [1.29, 1.82) is 0 Å². The Hall–Kier alpha value is -3.27. The molecule has 190 valence electrons. The zero-order chi connectivity index (χ0) is 25.6. The van der Waals surface area contributed by atoms with Crippen molar-refractivity contribution in [3.05, 3.63) is 53.6 Å². The average Bonchev–Trinajstić information content (AvgIpc) is 3.29. The number of amides is 2. The molecule has 0 aromatic heterocycles. The second kappa shape index (κ2) is 11.4. The van der Waals surface area contributed by atoms with Crippen LogP contribution in [-0.2, 0) is 26.2 Å². The number of carbonyl (C=O) groups excluding carboxylic acids is 2. The second-order valence-electron chi connectivity index (χ2n) is 8.53. The van der Waals surface area contributed by atoms with Gasteiger partial charge in [0, 0.05) is 19.2 Å². The molecule has 0 bridgehead atoms. The fourth-order valence-electron chi connectivity index (χ4n) is 3.83. The van der Waals surface area contributed by atoms with Crippen molar-refractivity contribution in [2.75, 3.05) is 30.4 Å². The normalized spacial score (nSPS) is 13.3. The second-order valence-corrected chi connectivity index (χ2v) is 10.4. The fraction of sp³-hybridized carbons (Fsp3) is 0.440. The van der Waals surface area contributed by atoms with Crippen LogP contribution in [0, 0.1) is 6.92 Å². The van der Waals surface area contributed by atoms with Crippen LogP contribution in [-0.4, -0.2) is 57.3 Å². The molecule has 0 saturated carbocycles. The first-order valence-electron chi connectivity index (χ1n) is 11.6. The number of hydrogen-bond acceptors (Lipinski definition) is 6. The average molecular weight is 504 g/mol. The molecule has 0 saturated heterocycles.